The smallest absolute Gasteiger partial charge is 0.262 e. The predicted octanol–water partition coefficient (Wildman–Crippen LogP) is 4.35. The first-order valence-corrected chi connectivity index (χ1v) is 11.2. The maximum absolute atomic E-state index is 12.7. The Hall–Kier alpha value is -2.34. The largest absolute Gasteiger partial charge is 0.483 e. The lowest BCUT2D eigenvalue weighted by molar-refractivity contribution is -0.118. The van der Waals surface area contributed by atoms with Crippen molar-refractivity contribution in [2.75, 3.05) is 11.9 Å². The number of amides is 1. The van der Waals surface area contributed by atoms with Crippen molar-refractivity contribution in [3.63, 3.8) is 0 Å². The average molecular weight is 402 g/mol. The Morgan fingerprint density at radius 3 is 2.36 bits per heavy atom. The predicted molar refractivity (Wildman–Crippen MR) is 111 cm³/mol. The van der Waals surface area contributed by atoms with Crippen LogP contribution in [0, 0.1) is 20.8 Å². The lowest BCUT2D eigenvalue weighted by Crippen LogP contribution is -2.21. The SMILES string of the molecule is Cc1cc(C)c(OCC(=O)Nc2cccc(S(=O)(=O)C3CCCC3)c2)c(C)c1. The van der Waals surface area contributed by atoms with Gasteiger partial charge in [-0.2, -0.15) is 0 Å². The van der Waals surface area contributed by atoms with Crippen molar-refractivity contribution in [1.82, 2.24) is 0 Å². The minimum atomic E-state index is -3.35. The van der Waals surface area contributed by atoms with Crippen molar-refractivity contribution in [2.24, 2.45) is 0 Å². The van der Waals surface area contributed by atoms with E-state index in [-0.39, 0.29) is 22.7 Å². The Labute approximate surface area is 167 Å². The van der Waals surface area contributed by atoms with Crippen molar-refractivity contribution in [3.05, 3.63) is 53.1 Å². The molecular weight excluding hydrogens is 374 g/mol. The molecule has 0 unspecified atom stereocenters. The van der Waals surface area contributed by atoms with Gasteiger partial charge in [-0.05, 0) is 62.9 Å². The second-order valence-electron chi connectivity index (χ2n) is 7.54. The van der Waals surface area contributed by atoms with Gasteiger partial charge in [-0.15, -0.1) is 0 Å². The van der Waals surface area contributed by atoms with Crippen molar-refractivity contribution in [1.29, 1.82) is 0 Å². The quantitative estimate of drug-likeness (QED) is 0.781. The number of ether oxygens (including phenoxy) is 1. The number of carbonyl (C=O) groups is 1. The van der Waals surface area contributed by atoms with Crippen LogP contribution < -0.4 is 10.1 Å². The molecule has 0 heterocycles. The van der Waals surface area contributed by atoms with E-state index in [1.54, 1.807) is 18.2 Å². The van der Waals surface area contributed by atoms with Gasteiger partial charge in [0.15, 0.2) is 16.4 Å². The molecular formula is C22H27NO4S. The highest BCUT2D eigenvalue weighted by atomic mass is 32.2. The molecule has 1 aliphatic carbocycles. The number of carbonyl (C=O) groups excluding carboxylic acids is 1. The van der Waals surface area contributed by atoms with Crippen molar-refractivity contribution in [3.8, 4) is 5.75 Å². The highest BCUT2D eigenvalue weighted by molar-refractivity contribution is 7.92. The average Bonchev–Trinajstić information content (AvgIpc) is 3.16. The molecule has 2 aromatic rings. The Morgan fingerprint density at radius 1 is 1.07 bits per heavy atom. The molecule has 6 heteroatoms. The number of aryl methyl sites for hydroxylation is 3. The molecule has 0 atom stereocenters. The van der Waals surface area contributed by atoms with E-state index in [2.05, 4.69) is 5.32 Å². The van der Waals surface area contributed by atoms with Crippen LogP contribution in [0.15, 0.2) is 41.3 Å². The van der Waals surface area contributed by atoms with Crippen LogP contribution in [0.4, 0.5) is 5.69 Å². The molecule has 150 valence electrons. The second-order valence-corrected chi connectivity index (χ2v) is 9.77. The number of hydrogen-bond acceptors (Lipinski definition) is 4. The third-order valence-electron chi connectivity index (χ3n) is 5.14. The van der Waals surface area contributed by atoms with E-state index < -0.39 is 9.84 Å². The van der Waals surface area contributed by atoms with Crippen molar-refractivity contribution in [2.45, 2.75) is 56.6 Å². The van der Waals surface area contributed by atoms with E-state index >= 15 is 0 Å². The standard InChI is InChI=1S/C22H27NO4S/c1-15-11-16(2)22(17(3)12-15)27-14-21(24)23-18-7-6-10-20(13-18)28(25,26)19-8-4-5-9-19/h6-7,10-13,19H,4-5,8-9,14H2,1-3H3,(H,23,24). The Kier molecular flexibility index (Phi) is 6.08. The minimum Gasteiger partial charge on any atom is -0.483 e. The van der Waals surface area contributed by atoms with Gasteiger partial charge >= 0.3 is 0 Å². The van der Waals surface area contributed by atoms with Gasteiger partial charge < -0.3 is 10.1 Å². The summed E-state index contributed by atoms with van der Waals surface area (Å²) in [6, 6.07) is 10.5. The van der Waals surface area contributed by atoms with E-state index in [9.17, 15) is 13.2 Å². The third kappa shape index (κ3) is 4.55. The van der Waals surface area contributed by atoms with E-state index in [1.807, 2.05) is 32.9 Å². The molecule has 0 spiro atoms. The van der Waals surface area contributed by atoms with Crippen LogP contribution in [0.3, 0.4) is 0 Å². The normalized spacial score (nSPS) is 14.8. The molecule has 3 rings (SSSR count). The maximum atomic E-state index is 12.7. The molecule has 5 nitrogen and oxygen atoms in total. The van der Waals surface area contributed by atoms with Gasteiger partial charge in [-0.1, -0.05) is 36.6 Å². The number of rotatable bonds is 6. The molecule has 1 fully saturated rings. The van der Waals surface area contributed by atoms with Gasteiger partial charge in [0.25, 0.3) is 5.91 Å². The van der Waals surface area contributed by atoms with Crippen LogP contribution in [0.5, 0.6) is 5.75 Å². The molecule has 28 heavy (non-hydrogen) atoms. The van der Waals surface area contributed by atoms with Gasteiger partial charge in [0.1, 0.15) is 5.75 Å². The fraction of sp³-hybridized carbons (Fsp3) is 0.409. The minimum absolute atomic E-state index is 0.135. The molecule has 1 aliphatic rings. The number of benzene rings is 2. The maximum Gasteiger partial charge on any atom is 0.262 e. The molecule has 0 bridgehead atoms. The zero-order chi connectivity index (χ0) is 20.3. The molecule has 0 aromatic heterocycles. The molecule has 2 aromatic carbocycles. The first-order chi connectivity index (χ1) is 13.3. The Balaban J connectivity index is 1.66. The molecule has 1 N–H and O–H groups in total. The zero-order valence-corrected chi connectivity index (χ0v) is 17.4. The zero-order valence-electron chi connectivity index (χ0n) is 16.6. The fourth-order valence-electron chi connectivity index (χ4n) is 3.87. The molecule has 0 aliphatic heterocycles. The molecule has 0 radical (unpaired) electrons. The summed E-state index contributed by atoms with van der Waals surface area (Å²) in [4.78, 5) is 12.6. The summed E-state index contributed by atoms with van der Waals surface area (Å²) in [5, 5.41) is 2.43. The third-order valence-corrected chi connectivity index (χ3v) is 7.40. The fourth-order valence-corrected chi connectivity index (χ4v) is 5.77. The van der Waals surface area contributed by atoms with E-state index in [0.29, 0.717) is 24.3 Å². The summed E-state index contributed by atoms with van der Waals surface area (Å²) in [7, 11) is -3.35. The number of anilines is 1. The Bertz CT molecular complexity index is 953. The number of hydrogen-bond donors (Lipinski definition) is 1. The topological polar surface area (TPSA) is 72.5 Å². The van der Waals surface area contributed by atoms with Gasteiger partial charge in [0, 0.05) is 5.69 Å². The first kappa shape index (κ1) is 20.4. The van der Waals surface area contributed by atoms with Crippen LogP contribution in [-0.4, -0.2) is 26.2 Å². The summed E-state index contributed by atoms with van der Waals surface area (Å²) < 4.78 is 31.2. The molecule has 1 amide bonds. The van der Waals surface area contributed by atoms with Gasteiger partial charge in [-0.25, -0.2) is 8.42 Å². The number of nitrogens with one attached hydrogen (secondary N) is 1. The van der Waals surface area contributed by atoms with Crippen LogP contribution in [-0.2, 0) is 14.6 Å². The van der Waals surface area contributed by atoms with Crippen LogP contribution >= 0.6 is 0 Å². The van der Waals surface area contributed by atoms with Crippen LogP contribution in [0.1, 0.15) is 42.4 Å². The van der Waals surface area contributed by atoms with Gasteiger partial charge in [0.2, 0.25) is 0 Å². The van der Waals surface area contributed by atoms with Crippen LogP contribution in [0.2, 0.25) is 0 Å². The van der Waals surface area contributed by atoms with Gasteiger partial charge in [-0.3, -0.25) is 4.79 Å². The second kappa shape index (κ2) is 8.35. The molecule has 0 saturated heterocycles. The Morgan fingerprint density at radius 2 is 1.71 bits per heavy atom. The number of sulfone groups is 1. The summed E-state index contributed by atoms with van der Waals surface area (Å²) in [6.07, 6.45) is 3.33. The lowest BCUT2D eigenvalue weighted by Gasteiger charge is -2.14. The summed E-state index contributed by atoms with van der Waals surface area (Å²) in [5.74, 6) is 0.383. The van der Waals surface area contributed by atoms with E-state index in [0.717, 1.165) is 29.5 Å². The van der Waals surface area contributed by atoms with Crippen molar-refractivity contribution >= 4 is 21.4 Å². The van der Waals surface area contributed by atoms with E-state index in [1.165, 1.54) is 6.07 Å². The van der Waals surface area contributed by atoms with E-state index in [4.69, 9.17) is 4.74 Å². The van der Waals surface area contributed by atoms with Crippen LogP contribution in [0.25, 0.3) is 0 Å². The highest BCUT2D eigenvalue weighted by Crippen LogP contribution is 2.30. The first-order valence-electron chi connectivity index (χ1n) is 9.62. The summed E-state index contributed by atoms with van der Waals surface area (Å²) >= 11 is 0. The lowest BCUT2D eigenvalue weighted by atomic mass is 10.1. The summed E-state index contributed by atoms with van der Waals surface area (Å²) in [5.41, 5.74) is 3.57. The van der Waals surface area contributed by atoms with Crippen molar-refractivity contribution < 1.29 is 17.9 Å². The highest BCUT2D eigenvalue weighted by Gasteiger charge is 2.30. The van der Waals surface area contributed by atoms with Gasteiger partial charge in [0.05, 0.1) is 10.1 Å². The summed E-state index contributed by atoms with van der Waals surface area (Å²) in [6.45, 7) is 5.78. The molecule has 1 saturated carbocycles. The monoisotopic (exact) mass is 401 g/mol.